The molecule has 192 valence electrons. The maximum Gasteiger partial charge on any atom is 0.205 e. The first kappa shape index (κ1) is 25.0. The Labute approximate surface area is 223 Å². The molecule has 0 radical (unpaired) electrons. The highest BCUT2D eigenvalue weighted by Crippen LogP contribution is 2.39. The predicted octanol–water partition coefficient (Wildman–Crippen LogP) is 7.41. The molecule has 4 aromatic carbocycles. The third kappa shape index (κ3) is 5.67. The Morgan fingerprint density at radius 2 is 1.53 bits per heavy atom. The summed E-state index contributed by atoms with van der Waals surface area (Å²) in [6.07, 6.45) is 0. The summed E-state index contributed by atoms with van der Waals surface area (Å²) in [5, 5.41) is 21.6. The molecular formula is C31H32N6O. The van der Waals surface area contributed by atoms with E-state index in [2.05, 4.69) is 114 Å². The zero-order valence-corrected chi connectivity index (χ0v) is 22.1. The van der Waals surface area contributed by atoms with Crippen molar-refractivity contribution in [3.05, 3.63) is 102 Å². The lowest BCUT2D eigenvalue weighted by Crippen LogP contribution is -2.14. The number of para-hydroxylation sites is 1. The van der Waals surface area contributed by atoms with Gasteiger partial charge < -0.3 is 15.4 Å². The molecule has 0 aliphatic heterocycles. The van der Waals surface area contributed by atoms with Gasteiger partial charge in [-0.15, -0.1) is 10.2 Å². The average molecular weight is 505 g/mol. The zero-order valence-electron chi connectivity index (χ0n) is 22.1. The van der Waals surface area contributed by atoms with Crippen molar-refractivity contribution >= 4 is 11.4 Å². The highest BCUT2D eigenvalue weighted by Gasteiger charge is 2.20. The second-order valence-corrected chi connectivity index (χ2v) is 10.2. The third-order valence-corrected chi connectivity index (χ3v) is 6.34. The molecule has 0 saturated carbocycles. The SMILES string of the molecule is Cc1ccc(NCNc2cc(-c3ccccc3-c3nn[nH]n3)ccc2Oc2ccccc2C(C)(C)C)cc1. The summed E-state index contributed by atoms with van der Waals surface area (Å²) in [6.45, 7) is 9.18. The average Bonchev–Trinajstić information content (AvgIpc) is 3.45. The minimum absolute atomic E-state index is 0.0549. The van der Waals surface area contributed by atoms with E-state index in [1.165, 1.54) is 5.56 Å². The van der Waals surface area contributed by atoms with Crippen molar-refractivity contribution in [2.45, 2.75) is 33.1 Å². The summed E-state index contributed by atoms with van der Waals surface area (Å²) in [6, 6.07) is 30.8. The van der Waals surface area contributed by atoms with Crippen LogP contribution in [0.3, 0.4) is 0 Å². The number of anilines is 2. The van der Waals surface area contributed by atoms with Crippen LogP contribution >= 0.6 is 0 Å². The second kappa shape index (κ2) is 10.8. The minimum atomic E-state index is -0.0549. The van der Waals surface area contributed by atoms with Crippen LogP contribution in [0.2, 0.25) is 0 Å². The van der Waals surface area contributed by atoms with Crippen molar-refractivity contribution in [2.75, 3.05) is 17.3 Å². The number of benzene rings is 4. The van der Waals surface area contributed by atoms with E-state index in [4.69, 9.17) is 4.74 Å². The Morgan fingerprint density at radius 1 is 0.789 bits per heavy atom. The standard InChI is InChI=1S/C31H32N6O/c1-21-13-16-23(17-14-21)32-20-33-27-19-22(24-9-5-6-10-25(24)30-34-36-37-35-30)15-18-29(27)38-28-12-8-7-11-26(28)31(2,3)4/h5-19,32-33H,20H2,1-4H3,(H,34,35,36,37). The predicted molar refractivity (Wildman–Crippen MR) is 154 cm³/mol. The maximum atomic E-state index is 6.55. The van der Waals surface area contributed by atoms with Gasteiger partial charge in [-0.25, -0.2) is 0 Å². The van der Waals surface area contributed by atoms with E-state index in [9.17, 15) is 0 Å². The van der Waals surface area contributed by atoms with Crippen LogP contribution in [0.5, 0.6) is 11.5 Å². The summed E-state index contributed by atoms with van der Waals surface area (Å²) >= 11 is 0. The Kier molecular flexibility index (Phi) is 7.09. The fourth-order valence-corrected chi connectivity index (χ4v) is 4.34. The Bertz CT molecular complexity index is 1500. The number of H-pyrrole nitrogens is 1. The number of nitrogens with zero attached hydrogens (tertiary/aromatic N) is 3. The first-order valence-corrected chi connectivity index (χ1v) is 12.7. The van der Waals surface area contributed by atoms with Gasteiger partial charge >= 0.3 is 0 Å². The molecule has 0 fully saturated rings. The highest BCUT2D eigenvalue weighted by molar-refractivity contribution is 5.83. The molecule has 38 heavy (non-hydrogen) atoms. The summed E-state index contributed by atoms with van der Waals surface area (Å²) in [7, 11) is 0. The zero-order chi connectivity index (χ0) is 26.5. The normalized spacial score (nSPS) is 11.3. The molecule has 5 aromatic rings. The number of hydrogen-bond donors (Lipinski definition) is 3. The Balaban J connectivity index is 1.50. The van der Waals surface area contributed by atoms with E-state index < -0.39 is 0 Å². The molecule has 7 nitrogen and oxygen atoms in total. The van der Waals surface area contributed by atoms with Crippen LogP contribution < -0.4 is 15.4 Å². The van der Waals surface area contributed by atoms with Gasteiger partial charge in [-0.3, -0.25) is 0 Å². The van der Waals surface area contributed by atoms with Gasteiger partial charge in [0.05, 0.1) is 12.4 Å². The molecule has 1 aromatic heterocycles. The van der Waals surface area contributed by atoms with Crippen LogP contribution in [0.4, 0.5) is 11.4 Å². The maximum absolute atomic E-state index is 6.55. The first-order chi connectivity index (χ1) is 18.4. The summed E-state index contributed by atoms with van der Waals surface area (Å²) in [4.78, 5) is 0. The number of tetrazole rings is 1. The summed E-state index contributed by atoms with van der Waals surface area (Å²) < 4.78 is 6.55. The van der Waals surface area contributed by atoms with Gasteiger partial charge in [-0.2, -0.15) is 5.21 Å². The molecule has 5 rings (SSSR count). The van der Waals surface area contributed by atoms with Crippen LogP contribution in [-0.2, 0) is 5.41 Å². The lowest BCUT2D eigenvalue weighted by molar-refractivity contribution is 0.457. The number of rotatable bonds is 8. The molecule has 0 aliphatic carbocycles. The molecule has 0 unspecified atom stereocenters. The molecule has 0 aliphatic rings. The van der Waals surface area contributed by atoms with E-state index in [1.54, 1.807) is 0 Å². The number of hydrogen-bond acceptors (Lipinski definition) is 6. The number of aromatic amines is 1. The van der Waals surface area contributed by atoms with Crippen molar-refractivity contribution in [2.24, 2.45) is 0 Å². The van der Waals surface area contributed by atoms with E-state index >= 15 is 0 Å². The number of aromatic nitrogens is 4. The van der Waals surface area contributed by atoms with Crippen molar-refractivity contribution < 1.29 is 4.74 Å². The van der Waals surface area contributed by atoms with Gasteiger partial charge in [0.25, 0.3) is 0 Å². The Hall–Kier alpha value is -4.65. The van der Waals surface area contributed by atoms with Crippen molar-refractivity contribution in [1.82, 2.24) is 20.6 Å². The van der Waals surface area contributed by atoms with Crippen LogP contribution in [0.1, 0.15) is 31.9 Å². The molecule has 0 amide bonds. The van der Waals surface area contributed by atoms with E-state index in [0.717, 1.165) is 45.1 Å². The van der Waals surface area contributed by atoms with Gasteiger partial charge in [-0.1, -0.05) is 87.0 Å². The number of nitrogens with one attached hydrogen (secondary N) is 3. The number of ether oxygens (including phenoxy) is 1. The largest absolute Gasteiger partial charge is 0.455 e. The van der Waals surface area contributed by atoms with Gasteiger partial charge in [0.1, 0.15) is 5.75 Å². The monoisotopic (exact) mass is 504 g/mol. The highest BCUT2D eigenvalue weighted by atomic mass is 16.5. The minimum Gasteiger partial charge on any atom is -0.455 e. The van der Waals surface area contributed by atoms with Gasteiger partial charge in [0, 0.05) is 16.8 Å². The lowest BCUT2D eigenvalue weighted by Gasteiger charge is -2.23. The fourth-order valence-electron chi connectivity index (χ4n) is 4.34. The van der Waals surface area contributed by atoms with Crippen LogP contribution in [0.25, 0.3) is 22.5 Å². The van der Waals surface area contributed by atoms with Crippen molar-refractivity contribution in [3.8, 4) is 34.0 Å². The third-order valence-electron chi connectivity index (χ3n) is 6.34. The van der Waals surface area contributed by atoms with Crippen LogP contribution in [-0.4, -0.2) is 27.3 Å². The molecule has 1 heterocycles. The van der Waals surface area contributed by atoms with E-state index in [1.807, 2.05) is 36.4 Å². The van der Waals surface area contributed by atoms with E-state index in [-0.39, 0.29) is 5.41 Å². The quantitative estimate of drug-likeness (QED) is 0.191. The molecular weight excluding hydrogens is 472 g/mol. The van der Waals surface area contributed by atoms with Crippen molar-refractivity contribution in [1.29, 1.82) is 0 Å². The van der Waals surface area contributed by atoms with Crippen molar-refractivity contribution in [3.63, 3.8) is 0 Å². The second-order valence-electron chi connectivity index (χ2n) is 10.2. The molecule has 0 saturated heterocycles. The Morgan fingerprint density at radius 3 is 2.26 bits per heavy atom. The lowest BCUT2D eigenvalue weighted by atomic mass is 9.86. The molecule has 0 bridgehead atoms. The summed E-state index contributed by atoms with van der Waals surface area (Å²) in [5.74, 6) is 2.14. The number of aryl methyl sites for hydroxylation is 1. The molecule has 7 heteroatoms. The summed E-state index contributed by atoms with van der Waals surface area (Å²) in [5.41, 5.74) is 7.15. The van der Waals surface area contributed by atoms with E-state index in [0.29, 0.717) is 12.5 Å². The fraction of sp³-hybridized carbons (Fsp3) is 0.194. The molecule has 0 spiro atoms. The molecule has 0 atom stereocenters. The first-order valence-electron chi connectivity index (χ1n) is 12.7. The van der Waals surface area contributed by atoms with Crippen LogP contribution in [0.15, 0.2) is 91.0 Å². The molecule has 3 N–H and O–H groups in total. The van der Waals surface area contributed by atoms with Crippen LogP contribution in [0, 0.1) is 6.92 Å². The van der Waals surface area contributed by atoms with Gasteiger partial charge in [0.15, 0.2) is 5.75 Å². The van der Waals surface area contributed by atoms with Gasteiger partial charge in [0.2, 0.25) is 5.82 Å². The smallest absolute Gasteiger partial charge is 0.205 e. The topological polar surface area (TPSA) is 87.8 Å². The van der Waals surface area contributed by atoms with Gasteiger partial charge in [-0.05, 0) is 59.0 Å².